The maximum absolute atomic E-state index is 12.3. The summed E-state index contributed by atoms with van der Waals surface area (Å²) in [4.78, 5) is 26.9. The van der Waals surface area contributed by atoms with E-state index in [1.54, 1.807) is 49.6 Å². The first-order valence-corrected chi connectivity index (χ1v) is 8.39. The minimum Gasteiger partial charge on any atom is -0.493 e. The molecule has 0 aliphatic rings. The Hall–Kier alpha value is -3.48. The number of hydrogen-bond acceptors (Lipinski definition) is 5. The number of pyridine rings is 1. The lowest BCUT2D eigenvalue weighted by Gasteiger charge is -2.10. The summed E-state index contributed by atoms with van der Waals surface area (Å²) in [7, 11) is 3.09. The van der Waals surface area contributed by atoms with E-state index in [4.69, 9.17) is 14.2 Å². The molecule has 0 aliphatic heterocycles. The maximum atomic E-state index is 12.3. The Morgan fingerprint density at radius 3 is 2.44 bits per heavy atom. The lowest BCUT2D eigenvalue weighted by molar-refractivity contribution is 0.200. The molecule has 0 aliphatic carbocycles. The van der Waals surface area contributed by atoms with Crippen molar-refractivity contribution in [3.05, 3.63) is 64.4 Å². The zero-order valence-electron chi connectivity index (χ0n) is 15.1. The van der Waals surface area contributed by atoms with E-state index >= 15 is 0 Å². The SMILES string of the molecule is COc1cc2cc(CCNC(=O)Oc3ccccc3)c(=O)[nH]c2cc1OC. The van der Waals surface area contributed by atoms with Crippen molar-refractivity contribution in [1.82, 2.24) is 10.3 Å². The second-order valence-electron chi connectivity index (χ2n) is 5.80. The van der Waals surface area contributed by atoms with Gasteiger partial charge in [0.25, 0.3) is 5.56 Å². The third kappa shape index (κ3) is 4.38. The van der Waals surface area contributed by atoms with E-state index in [1.807, 2.05) is 6.07 Å². The van der Waals surface area contributed by atoms with Crippen LogP contribution in [0.3, 0.4) is 0 Å². The molecule has 0 atom stereocenters. The highest BCUT2D eigenvalue weighted by molar-refractivity contribution is 5.83. The number of benzene rings is 2. The van der Waals surface area contributed by atoms with E-state index in [0.717, 1.165) is 5.39 Å². The predicted octanol–water partition coefficient (Wildman–Crippen LogP) is 2.88. The average molecular weight is 368 g/mol. The number of amides is 1. The molecule has 3 rings (SSSR count). The molecule has 0 fully saturated rings. The Labute approximate surface area is 155 Å². The van der Waals surface area contributed by atoms with Crippen molar-refractivity contribution in [3.63, 3.8) is 0 Å². The molecule has 2 N–H and O–H groups in total. The Morgan fingerprint density at radius 2 is 1.74 bits per heavy atom. The monoisotopic (exact) mass is 368 g/mol. The summed E-state index contributed by atoms with van der Waals surface area (Å²) in [6.45, 7) is 0.271. The van der Waals surface area contributed by atoms with Crippen LogP contribution in [0, 0.1) is 0 Å². The normalized spacial score (nSPS) is 10.4. The summed E-state index contributed by atoms with van der Waals surface area (Å²) in [5.41, 5.74) is 0.987. The number of H-pyrrole nitrogens is 1. The van der Waals surface area contributed by atoms with Gasteiger partial charge in [-0.2, -0.15) is 0 Å². The number of para-hydroxylation sites is 1. The molecular formula is C20H20N2O5. The summed E-state index contributed by atoms with van der Waals surface area (Å²) in [6.07, 6.45) is -0.200. The van der Waals surface area contributed by atoms with Gasteiger partial charge in [-0.05, 0) is 30.7 Å². The van der Waals surface area contributed by atoms with Gasteiger partial charge in [0.15, 0.2) is 11.5 Å². The third-order valence-corrected chi connectivity index (χ3v) is 4.04. The van der Waals surface area contributed by atoms with Gasteiger partial charge in [0.05, 0.1) is 19.7 Å². The van der Waals surface area contributed by atoms with Crippen LogP contribution in [-0.4, -0.2) is 31.8 Å². The molecule has 7 heteroatoms. The van der Waals surface area contributed by atoms with Gasteiger partial charge in [-0.3, -0.25) is 4.79 Å². The summed E-state index contributed by atoms with van der Waals surface area (Å²) in [5, 5.41) is 3.45. The Morgan fingerprint density at radius 1 is 1.04 bits per heavy atom. The largest absolute Gasteiger partial charge is 0.493 e. The molecule has 1 amide bonds. The van der Waals surface area contributed by atoms with Gasteiger partial charge in [-0.1, -0.05) is 18.2 Å². The molecule has 27 heavy (non-hydrogen) atoms. The first-order chi connectivity index (χ1) is 13.1. The van der Waals surface area contributed by atoms with Crippen LogP contribution >= 0.6 is 0 Å². The molecule has 2 aromatic carbocycles. The first-order valence-electron chi connectivity index (χ1n) is 8.39. The van der Waals surface area contributed by atoms with Gasteiger partial charge in [0.1, 0.15) is 5.75 Å². The number of carbonyl (C=O) groups excluding carboxylic acids is 1. The van der Waals surface area contributed by atoms with Crippen molar-refractivity contribution in [3.8, 4) is 17.2 Å². The van der Waals surface area contributed by atoms with Crippen LogP contribution in [0.2, 0.25) is 0 Å². The van der Waals surface area contributed by atoms with Crippen LogP contribution in [0.5, 0.6) is 17.2 Å². The number of aromatic amines is 1. The summed E-state index contributed by atoms with van der Waals surface area (Å²) >= 11 is 0. The van der Waals surface area contributed by atoms with Gasteiger partial charge < -0.3 is 24.5 Å². The fourth-order valence-electron chi connectivity index (χ4n) is 2.69. The molecule has 0 saturated heterocycles. The zero-order chi connectivity index (χ0) is 19.2. The van der Waals surface area contributed by atoms with Crippen LogP contribution in [0.4, 0.5) is 4.79 Å². The van der Waals surface area contributed by atoms with Gasteiger partial charge in [-0.15, -0.1) is 0 Å². The summed E-state index contributed by atoms with van der Waals surface area (Å²) in [6, 6.07) is 14.1. The van der Waals surface area contributed by atoms with Crippen molar-refractivity contribution >= 4 is 17.0 Å². The lowest BCUT2D eigenvalue weighted by Crippen LogP contribution is -2.30. The quantitative estimate of drug-likeness (QED) is 0.698. The summed E-state index contributed by atoms with van der Waals surface area (Å²) < 4.78 is 15.7. The standard InChI is InChI=1S/C20H20N2O5/c1-25-17-11-14-10-13(19(23)22-16(14)12-18(17)26-2)8-9-21-20(24)27-15-6-4-3-5-7-15/h3-7,10-12H,8-9H2,1-2H3,(H,21,24)(H,22,23). The van der Waals surface area contributed by atoms with Gasteiger partial charge in [0.2, 0.25) is 0 Å². The zero-order valence-corrected chi connectivity index (χ0v) is 15.1. The Bertz CT molecular complexity index is 998. The van der Waals surface area contributed by atoms with E-state index in [2.05, 4.69) is 10.3 Å². The van der Waals surface area contributed by atoms with Crippen LogP contribution in [0.1, 0.15) is 5.56 Å². The highest BCUT2D eigenvalue weighted by Gasteiger charge is 2.10. The molecule has 0 unspecified atom stereocenters. The first kappa shape index (κ1) is 18.3. The lowest BCUT2D eigenvalue weighted by atomic mass is 10.1. The number of fused-ring (bicyclic) bond motifs is 1. The van der Waals surface area contributed by atoms with Crippen LogP contribution in [-0.2, 0) is 6.42 Å². The maximum Gasteiger partial charge on any atom is 0.412 e. The van der Waals surface area contributed by atoms with Crippen LogP contribution in [0.25, 0.3) is 10.9 Å². The second-order valence-corrected chi connectivity index (χ2v) is 5.80. The average Bonchev–Trinajstić information content (AvgIpc) is 2.68. The molecular weight excluding hydrogens is 348 g/mol. The highest BCUT2D eigenvalue weighted by atomic mass is 16.6. The number of carbonyl (C=O) groups is 1. The van der Waals surface area contributed by atoms with Gasteiger partial charge in [-0.25, -0.2) is 4.79 Å². The molecule has 0 radical (unpaired) electrons. The minimum absolute atomic E-state index is 0.215. The molecule has 0 saturated carbocycles. The fraction of sp³-hybridized carbons (Fsp3) is 0.200. The number of rotatable bonds is 6. The van der Waals surface area contributed by atoms with E-state index in [1.165, 1.54) is 7.11 Å². The number of ether oxygens (including phenoxy) is 3. The van der Waals surface area contributed by atoms with Gasteiger partial charge in [0, 0.05) is 23.6 Å². The molecule has 0 spiro atoms. The van der Waals surface area contributed by atoms with Crippen molar-refractivity contribution < 1.29 is 19.0 Å². The fourth-order valence-corrected chi connectivity index (χ4v) is 2.69. The highest BCUT2D eigenvalue weighted by Crippen LogP contribution is 2.31. The number of nitrogens with one attached hydrogen (secondary N) is 2. The number of methoxy groups -OCH3 is 2. The number of hydrogen-bond donors (Lipinski definition) is 2. The van der Waals surface area contributed by atoms with Crippen LogP contribution in [0.15, 0.2) is 53.3 Å². The smallest absolute Gasteiger partial charge is 0.412 e. The van der Waals surface area contributed by atoms with Crippen LogP contribution < -0.4 is 25.1 Å². The van der Waals surface area contributed by atoms with E-state index in [9.17, 15) is 9.59 Å². The summed E-state index contributed by atoms with van der Waals surface area (Å²) in [5.74, 6) is 1.57. The third-order valence-electron chi connectivity index (χ3n) is 4.04. The number of aromatic nitrogens is 1. The second kappa shape index (κ2) is 8.27. The molecule has 1 aromatic heterocycles. The molecule has 140 valence electrons. The molecule has 1 heterocycles. The van der Waals surface area contributed by atoms with Crippen molar-refractivity contribution in [2.75, 3.05) is 20.8 Å². The topological polar surface area (TPSA) is 89.6 Å². The van der Waals surface area contributed by atoms with E-state index in [-0.39, 0.29) is 12.1 Å². The molecule has 0 bridgehead atoms. The Kier molecular flexibility index (Phi) is 5.61. The van der Waals surface area contributed by atoms with Crippen molar-refractivity contribution in [2.45, 2.75) is 6.42 Å². The van der Waals surface area contributed by atoms with E-state index < -0.39 is 6.09 Å². The minimum atomic E-state index is -0.565. The Balaban J connectivity index is 1.68. The van der Waals surface area contributed by atoms with Crippen molar-refractivity contribution in [2.24, 2.45) is 0 Å². The van der Waals surface area contributed by atoms with E-state index in [0.29, 0.717) is 34.7 Å². The molecule has 3 aromatic rings. The molecule has 7 nitrogen and oxygen atoms in total. The predicted molar refractivity (Wildman–Crippen MR) is 102 cm³/mol. The van der Waals surface area contributed by atoms with Crippen molar-refractivity contribution in [1.29, 1.82) is 0 Å². The van der Waals surface area contributed by atoms with Gasteiger partial charge >= 0.3 is 6.09 Å².